The van der Waals surface area contributed by atoms with E-state index in [2.05, 4.69) is 0 Å². The molecule has 0 aromatic heterocycles. The van der Waals surface area contributed by atoms with Gasteiger partial charge >= 0.3 is 12.4 Å². The molecule has 0 aliphatic heterocycles. The topological polar surface area (TPSA) is 0 Å². The monoisotopic (exact) mass is 268 g/mol. The second kappa shape index (κ2) is 4.66. The van der Waals surface area contributed by atoms with Crippen LogP contribution in [0.3, 0.4) is 0 Å². The second-order valence-electron chi connectivity index (χ2n) is 4.06. The van der Waals surface area contributed by atoms with Gasteiger partial charge < -0.3 is 0 Å². The first-order valence-corrected chi connectivity index (χ1v) is 4.94. The first kappa shape index (κ1) is 14.6. The minimum atomic E-state index is -4.80. The van der Waals surface area contributed by atoms with Crippen LogP contribution in [0.1, 0.15) is 30.5 Å². The van der Waals surface area contributed by atoms with Crippen molar-refractivity contribution in [1.29, 1.82) is 0 Å². The molecular weight excluding hydrogens is 258 g/mol. The van der Waals surface area contributed by atoms with E-state index in [0.717, 1.165) is 0 Å². The van der Waals surface area contributed by atoms with Gasteiger partial charge in [0, 0.05) is 0 Å². The van der Waals surface area contributed by atoms with Gasteiger partial charge in [-0.2, -0.15) is 26.3 Å². The first-order chi connectivity index (χ1) is 8.00. The Kier molecular flexibility index (Phi) is 3.78. The SMILES string of the molecule is CC(C)=Cc1cc(C(F)(F)F)cc(C(F)(F)F)c1. The molecule has 100 valence electrons. The summed E-state index contributed by atoms with van der Waals surface area (Å²) in [7, 11) is 0. The average molecular weight is 268 g/mol. The van der Waals surface area contributed by atoms with Crippen LogP contribution in [0.25, 0.3) is 6.08 Å². The molecule has 0 saturated heterocycles. The molecule has 0 amide bonds. The van der Waals surface area contributed by atoms with E-state index in [1.165, 1.54) is 6.08 Å². The van der Waals surface area contributed by atoms with Crippen molar-refractivity contribution in [3.8, 4) is 0 Å². The van der Waals surface area contributed by atoms with Gasteiger partial charge in [-0.15, -0.1) is 0 Å². The standard InChI is InChI=1S/C12H10F6/c1-7(2)3-8-4-9(11(13,14)15)6-10(5-8)12(16,17)18/h3-6H,1-2H3. The zero-order chi connectivity index (χ0) is 14.1. The van der Waals surface area contributed by atoms with Crippen LogP contribution in [0.5, 0.6) is 0 Å². The smallest absolute Gasteiger partial charge is 0.166 e. The minimum absolute atomic E-state index is 0.113. The zero-order valence-electron chi connectivity index (χ0n) is 9.58. The Morgan fingerprint density at radius 2 is 1.22 bits per heavy atom. The maximum absolute atomic E-state index is 12.5. The largest absolute Gasteiger partial charge is 0.416 e. The van der Waals surface area contributed by atoms with E-state index in [1.54, 1.807) is 13.8 Å². The number of halogens is 6. The van der Waals surface area contributed by atoms with Gasteiger partial charge in [0.2, 0.25) is 0 Å². The Bertz CT molecular complexity index is 428. The summed E-state index contributed by atoms with van der Waals surface area (Å²) < 4.78 is 74.9. The van der Waals surface area contributed by atoms with E-state index in [-0.39, 0.29) is 11.6 Å². The fraction of sp³-hybridized carbons (Fsp3) is 0.333. The number of alkyl halides is 6. The van der Waals surface area contributed by atoms with Gasteiger partial charge in [-0.25, -0.2) is 0 Å². The normalized spacial score (nSPS) is 12.4. The third-order valence-electron chi connectivity index (χ3n) is 2.07. The van der Waals surface area contributed by atoms with E-state index in [0.29, 0.717) is 17.7 Å². The van der Waals surface area contributed by atoms with Crippen LogP contribution in [0.2, 0.25) is 0 Å². The molecule has 0 atom stereocenters. The highest BCUT2D eigenvalue weighted by Gasteiger charge is 2.36. The van der Waals surface area contributed by atoms with Gasteiger partial charge in [0.05, 0.1) is 11.1 Å². The van der Waals surface area contributed by atoms with Crippen molar-refractivity contribution in [2.24, 2.45) is 0 Å². The first-order valence-electron chi connectivity index (χ1n) is 4.94. The fourth-order valence-electron chi connectivity index (χ4n) is 1.40. The summed E-state index contributed by atoms with van der Waals surface area (Å²) in [6.45, 7) is 3.18. The van der Waals surface area contributed by atoms with Crippen molar-refractivity contribution in [3.63, 3.8) is 0 Å². The highest BCUT2D eigenvalue weighted by molar-refractivity contribution is 5.55. The fourth-order valence-corrected chi connectivity index (χ4v) is 1.40. The maximum Gasteiger partial charge on any atom is 0.416 e. The molecule has 6 heteroatoms. The Balaban J connectivity index is 3.44. The van der Waals surface area contributed by atoms with Crippen LogP contribution < -0.4 is 0 Å². The van der Waals surface area contributed by atoms with Crippen molar-refractivity contribution in [2.45, 2.75) is 26.2 Å². The second-order valence-corrected chi connectivity index (χ2v) is 4.06. The maximum atomic E-state index is 12.5. The number of benzene rings is 1. The molecule has 0 fully saturated rings. The molecule has 0 saturated carbocycles. The number of rotatable bonds is 1. The summed E-state index contributed by atoms with van der Waals surface area (Å²) in [5, 5.41) is 0. The molecule has 18 heavy (non-hydrogen) atoms. The van der Waals surface area contributed by atoms with Crippen LogP contribution in [0.15, 0.2) is 23.8 Å². The van der Waals surface area contributed by atoms with Gasteiger partial charge in [0.1, 0.15) is 0 Å². The summed E-state index contributed by atoms with van der Waals surface area (Å²) >= 11 is 0. The van der Waals surface area contributed by atoms with Crippen LogP contribution in [0.4, 0.5) is 26.3 Å². The van der Waals surface area contributed by atoms with Crippen LogP contribution in [0, 0.1) is 0 Å². The molecule has 0 unspecified atom stereocenters. The predicted octanol–water partition coefficient (Wildman–Crippen LogP) is 5.15. The molecule has 0 bridgehead atoms. The Morgan fingerprint density at radius 3 is 1.50 bits per heavy atom. The third kappa shape index (κ3) is 3.78. The average Bonchev–Trinajstić information content (AvgIpc) is 2.13. The number of hydrogen-bond acceptors (Lipinski definition) is 0. The van der Waals surface area contributed by atoms with E-state index in [9.17, 15) is 26.3 Å². The van der Waals surface area contributed by atoms with E-state index in [4.69, 9.17) is 0 Å². The van der Waals surface area contributed by atoms with Crippen molar-refractivity contribution >= 4 is 6.08 Å². The Hall–Kier alpha value is -1.46. The summed E-state index contributed by atoms with van der Waals surface area (Å²) in [5.41, 5.74) is -2.10. The quantitative estimate of drug-likeness (QED) is 0.618. The molecule has 0 aliphatic rings. The Labute approximate surface area is 99.9 Å². The molecule has 1 aromatic carbocycles. The van der Waals surface area contributed by atoms with E-state index < -0.39 is 23.5 Å². The lowest BCUT2D eigenvalue weighted by Gasteiger charge is -2.13. The van der Waals surface area contributed by atoms with Crippen molar-refractivity contribution in [2.75, 3.05) is 0 Å². The Morgan fingerprint density at radius 1 is 0.833 bits per heavy atom. The van der Waals surface area contributed by atoms with Crippen molar-refractivity contribution < 1.29 is 26.3 Å². The molecule has 0 spiro atoms. The lowest BCUT2D eigenvalue weighted by Crippen LogP contribution is -2.11. The van der Waals surface area contributed by atoms with Crippen molar-refractivity contribution in [3.05, 3.63) is 40.5 Å². The van der Waals surface area contributed by atoms with Gasteiger partial charge in [-0.3, -0.25) is 0 Å². The van der Waals surface area contributed by atoms with E-state index in [1.807, 2.05) is 0 Å². The number of hydrogen-bond donors (Lipinski definition) is 0. The molecular formula is C12H10F6. The van der Waals surface area contributed by atoms with Gasteiger partial charge in [0.15, 0.2) is 0 Å². The molecule has 0 nitrogen and oxygen atoms in total. The summed E-state index contributed by atoms with van der Waals surface area (Å²) in [6, 6.07) is 1.51. The van der Waals surface area contributed by atoms with Gasteiger partial charge in [-0.05, 0) is 37.6 Å². The van der Waals surface area contributed by atoms with Crippen LogP contribution in [-0.4, -0.2) is 0 Å². The highest BCUT2D eigenvalue weighted by atomic mass is 19.4. The van der Waals surface area contributed by atoms with Crippen molar-refractivity contribution in [1.82, 2.24) is 0 Å². The predicted molar refractivity (Wildman–Crippen MR) is 55.8 cm³/mol. The molecule has 0 radical (unpaired) electrons. The van der Waals surface area contributed by atoms with Crippen LogP contribution in [-0.2, 0) is 12.4 Å². The lowest BCUT2D eigenvalue weighted by atomic mass is 10.0. The lowest BCUT2D eigenvalue weighted by molar-refractivity contribution is -0.143. The molecule has 1 rings (SSSR count). The summed E-state index contributed by atoms with van der Waals surface area (Å²) in [4.78, 5) is 0. The van der Waals surface area contributed by atoms with Gasteiger partial charge in [0.25, 0.3) is 0 Å². The summed E-state index contributed by atoms with van der Waals surface area (Å²) in [5.74, 6) is 0. The van der Waals surface area contributed by atoms with Gasteiger partial charge in [-0.1, -0.05) is 11.6 Å². The molecule has 1 aromatic rings. The molecule has 0 N–H and O–H groups in total. The summed E-state index contributed by atoms with van der Waals surface area (Å²) in [6.07, 6.45) is -8.33. The molecule has 0 heterocycles. The van der Waals surface area contributed by atoms with Crippen LogP contribution >= 0.6 is 0 Å². The number of allylic oxidation sites excluding steroid dienone is 1. The highest BCUT2D eigenvalue weighted by Crippen LogP contribution is 2.36. The third-order valence-corrected chi connectivity index (χ3v) is 2.07. The zero-order valence-corrected chi connectivity index (χ0v) is 9.58. The van der Waals surface area contributed by atoms with E-state index >= 15 is 0 Å². The minimum Gasteiger partial charge on any atom is -0.166 e. The molecule has 0 aliphatic carbocycles.